The number of hydrogen-bond donors (Lipinski definition) is 1. The highest BCUT2D eigenvalue weighted by atomic mass is 19.4. The number of aromatic nitrogens is 3. The topological polar surface area (TPSA) is 101 Å². The van der Waals surface area contributed by atoms with Gasteiger partial charge in [-0.15, -0.1) is 13.2 Å². The third-order valence-electron chi connectivity index (χ3n) is 6.55. The molecular weight excluding hydrogens is 509 g/mol. The Hall–Kier alpha value is -4.91. The smallest absolute Gasteiger partial charge is 0.478 e. The molecule has 0 spiro atoms. The summed E-state index contributed by atoms with van der Waals surface area (Å²) in [6, 6.07) is 14.1. The molecule has 1 aromatic carbocycles. The molecule has 7 nitrogen and oxygen atoms in total. The molecule has 0 atom stereocenters. The van der Waals surface area contributed by atoms with E-state index in [-0.39, 0.29) is 11.5 Å². The molecule has 0 unspecified atom stereocenters. The largest absolute Gasteiger partial charge is 0.573 e. The highest BCUT2D eigenvalue weighted by molar-refractivity contribution is 6.00. The monoisotopic (exact) mass is 530 g/mol. The summed E-state index contributed by atoms with van der Waals surface area (Å²) < 4.78 is 44.4. The highest BCUT2D eigenvalue weighted by Gasteiger charge is 2.33. The molecule has 0 bridgehead atoms. The lowest BCUT2D eigenvalue weighted by atomic mass is 9.73. The third kappa shape index (κ3) is 5.67. The van der Waals surface area contributed by atoms with Crippen molar-refractivity contribution in [2.75, 3.05) is 0 Å². The summed E-state index contributed by atoms with van der Waals surface area (Å²) in [5.74, 6) is -1.60. The van der Waals surface area contributed by atoms with Crippen LogP contribution in [0.25, 0.3) is 22.9 Å². The zero-order chi connectivity index (χ0) is 27.6. The Morgan fingerprint density at radius 2 is 1.87 bits per heavy atom. The van der Waals surface area contributed by atoms with Crippen LogP contribution in [0, 0.1) is 17.2 Å². The number of nitrogens with zero attached hydrogens (tertiary/aromatic N) is 4. The Bertz CT molecular complexity index is 1640. The molecule has 4 aromatic rings. The van der Waals surface area contributed by atoms with Gasteiger partial charge >= 0.3 is 12.3 Å². The van der Waals surface area contributed by atoms with E-state index >= 15 is 0 Å². The molecule has 1 fully saturated rings. The molecule has 0 aliphatic heterocycles. The molecule has 1 aliphatic rings. The fraction of sp³-hybridized carbons (Fsp3) is 0.172. The summed E-state index contributed by atoms with van der Waals surface area (Å²) in [4.78, 5) is 19.6. The number of alkyl halides is 3. The van der Waals surface area contributed by atoms with E-state index in [0.717, 1.165) is 65.5 Å². The van der Waals surface area contributed by atoms with Crippen molar-refractivity contribution in [1.82, 2.24) is 14.4 Å². The van der Waals surface area contributed by atoms with Crippen molar-refractivity contribution in [3.63, 3.8) is 0 Å². The van der Waals surface area contributed by atoms with Gasteiger partial charge in [-0.1, -0.05) is 30.7 Å². The van der Waals surface area contributed by atoms with Crippen molar-refractivity contribution in [2.24, 2.45) is 5.92 Å². The van der Waals surface area contributed by atoms with Crippen molar-refractivity contribution < 1.29 is 27.8 Å². The average molecular weight is 531 g/mol. The van der Waals surface area contributed by atoms with E-state index in [4.69, 9.17) is 5.11 Å². The number of halogens is 3. The van der Waals surface area contributed by atoms with Crippen molar-refractivity contribution in [3.05, 3.63) is 101 Å². The molecule has 1 saturated carbocycles. The first kappa shape index (κ1) is 25.7. The van der Waals surface area contributed by atoms with Gasteiger partial charge in [0, 0.05) is 30.7 Å². The van der Waals surface area contributed by atoms with Crippen LogP contribution in [-0.4, -0.2) is 31.8 Å². The van der Waals surface area contributed by atoms with Gasteiger partial charge in [-0.05, 0) is 64.8 Å². The van der Waals surface area contributed by atoms with Crippen LogP contribution in [0.4, 0.5) is 13.2 Å². The summed E-state index contributed by atoms with van der Waals surface area (Å²) in [6.45, 7) is 0. The number of nitriles is 1. The third-order valence-corrected chi connectivity index (χ3v) is 6.55. The van der Waals surface area contributed by atoms with Crippen LogP contribution in [0.5, 0.6) is 5.75 Å². The molecule has 5 rings (SSSR count). The highest BCUT2D eigenvalue weighted by Crippen LogP contribution is 2.45. The summed E-state index contributed by atoms with van der Waals surface area (Å²) >= 11 is 0. The van der Waals surface area contributed by atoms with Gasteiger partial charge in [0.15, 0.2) is 0 Å². The first-order chi connectivity index (χ1) is 18.7. The summed E-state index contributed by atoms with van der Waals surface area (Å²) in [7, 11) is 0. The van der Waals surface area contributed by atoms with Crippen LogP contribution in [-0.2, 0) is 4.79 Å². The van der Waals surface area contributed by atoms with Gasteiger partial charge in [0.2, 0.25) is 0 Å². The lowest BCUT2D eigenvalue weighted by Gasteiger charge is -2.31. The van der Waals surface area contributed by atoms with E-state index in [1.807, 2.05) is 47.1 Å². The molecule has 0 radical (unpaired) electrons. The summed E-state index contributed by atoms with van der Waals surface area (Å²) in [5, 5.41) is 18.9. The maximum atomic E-state index is 12.8. The van der Waals surface area contributed by atoms with Gasteiger partial charge < -0.3 is 14.2 Å². The Labute approximate surface area is 221 Å². The molecule has 10 heteroatoms. The van der Waals surface area contributed by atoms with E-state index < -0.39 is 18.1 Å². The van der Waals surface area contributed by atoms with Gasteiger partial charge in [0.05, 0.1) is 17.5 Å². The second-order valence-corrected chi connectivity index (χ2v) is 9.05. The number of carboxylic acid groups (broad SMARTS) is 1. The number of carbonyl (C=O) groups is 1. The number of pyridine rings is 2. The number of fused-ring (bicyclic) bond motifs is 1. The SMILES string of the molecule is N#Cc1cc(OC(F)(F)F)cnc1/C(=C(\c1ccc(/C=C/C(=O)O)cc1)c1ccc2nccn2c1)C1CCC1. The maximum absolute atomic E-state index is 12.8. The molecule has 3 heterocycles. The number of hydrogen-bond acceptors (Lipinski definition) is 5. The van der Waals surface area contributed by atoms with Crippen LogP contribution in [0.1, 0.15) is 47.2 Å². The van der Waals surface area contributed by atoms with Crippen molar-refractivity contribution >= 4 is 28.8 Å². The van der Waals surface area contributed by atoms with Crippen LogP contribution in [0.2, 0.25) is 0 Å². The Balaban J connectivity index is 1.74. The second kappa shape index (κ2) is 10.5. The van der Waals surface area contributed by atoms with Gasteiger partial charge in [0.1, 0.15) is 17.5 Å². The predicted molar refractivity (Wildman–Crippen MR) is 137 cm³/mol. The van der Waals surface area contributed by atoms with E-state index in [1.54, 1.807) is 18.3 Å². The molecule has 0 amide bonds. The number of benzene rings is 1. The maximum Gasteiger partial charge on any atom is 0.573 e. The zero-order valence-corrected chi connectivity index (χ0v) is 20.4. The van der Waals surface area contributed by atoms with E-state index in [0.29, 0.717) is 11.3 Å². The van der Waals surface area contributed by atoms with Crippen LogP contribution < -0.4 is 4.74 Å². The number of carboxylic acids is 1. The molecule has 39 heavy (non-hydrogen) atoms. The minimum Gasteiger partial charge on any atom is -0.478 e. The van der Waals surface area contributed by atoms with Crippen molar-refractivity contribution in [3.8, 4) is 11.8 Å². The number of rotatable bonds is 7. The van der Waals surface area contributed by atoms with Crippen LogP contribution in [0.3, 0.4) is 0 Å². The molecule has 1 aliphatic carbocycles. The minimum atomic E-state index is -4.91. The van der Waals surface area contributed by atoms with Gasteiger partial charge in [-0.25, -0.2) is 9.78 Å². The number of allylic oxidation sites excluding steroid dienone is 1. The Morgan fingerprint density at radius 3 is 2.51 bits per heavy atom. The molecular formula is C29H21F3N4O3. The Kier molecular flexibility index (Phi) is 6.90. The zero-order valence-electron chi connectivity index (χ0n) is 20.4. The van der Waals surface area contributed by atoms with Gasteiger partial charge in [-0.2, -0.15) is 5.26 Å². The average Bonchev–Trinajstić information content (AvgIpc) is 3.34. The first-order valence-electron chi connectivity index (χ1n) is 12.1. The van der Waals surface area contributed by atoms with Crippen molar-refractivity contribution in [1.29, 1.82) is 5.26 Å². The molecule has 3 aromatic heterocycles. The van der Waals surface area contributed by atoms with Crippen molar-refractivity contribution in [2.45, 2.75) is 25.6 Å². The number of aliphatic carboxylic acids is 1. The Morgan fingerprint density at radius 1 is 1.13 bits per heavy atom. The predicted octanol–water partition coefficient (Wildman–Crippen LogP) is 6.36. The normalized spacial score (nSPS) is 14.6. The van der Waals surface area contributed by atoms with Gasteiger partial charge in [-0.3, -0.25) is 4.98 Å². The lowest BCUT2D eigenvalue weighted by molar-refractivity contribution is -0.274. The second-order valence-electron chi connectivity index (χ2n) is 9.05. The van der Waals surface area contributed by atoms with E-state index in [9.17, 15) is 23.2 Å². The van der Waals surface area contributed by atoms with Gasteiger partial charge in [0.25, 0.3) is 0 Å². The number of imidazole rings is 1. The summed E-state index contributed by atoms with van der Waals surface area (Å²) in [6.07, 6.45) is 6.62. The van der Waals surface area contributed by atoms with E-state index in [2.05, 4.69) is 14.7 Å². The summed E-state index contributed by atoms with van der Waals surface area (Å²) in [5.41, 5.74) is 4.81. The van der Waals surface area contributed by atoms with Crippen LogP contribution in [0.15, 0.2) is 73.3 Å². The molecule has 196 valence electrons. The number of ether oxygens (including phenoxy) is 1. The van der Waals surface area contributed by atoms with E-state index in [1.165, 1.54) is 6.08 Å². The fourth-order valence-corrected chi connectivity index (χ4v) is 4.62. The standard InChI is InChI=1S/C29H21F3N4O3/c30-29(31,32)39-23-14-22(15-33)28(35-16-23)27(19-2-1-3-19)26(21-9-10-24-34-12-13-36(24)17-21)20-7-4-18(5-8-20)6-11-25(37)38/h4-14,16-17,19H,1-3H2,(H,37,38)/b11-6+,27-26+. The molecule has 0 saturated heterocycles. The first-order valence-corrected chi connectivity index (χ1v) is 12.1. The minimum absolute atomic E-state index is 0.0269. The van der Waals surface area contributed by atoms with Crippen LogP contribution >= 0.6 is 0 Å². The quantitative estimate of drug-likeness (QED) is 0.279. The lowest BCUT2D eigenvalue weighted by Crippen LogP contribution is -2.19. The molecule has 1 N–H and O–H groups in total. The fourth-order valence-electron chi connectivity index (χ4n) is 4.62.